The van der Waals surface area contributed by atoms with Crippen molar-refractivity contribution >= 4 is 0 Å². The van der Waals surface area contributed by atoms with Crippen molar-refractivity contribution in [1.29, 1.82) is 0 Å². The van der Waals surface area contributed by atoms with Crippen molar-refractivity contribution in [1.82, 2.24) is 4.90 Å². The highest BCUT2D eigenvalue weighted by Gasteiger charge is 2.30. The van der Waals surface area contributed by atoms with E-state index < -0.39 is 0 Å². The van der Waals surface area contributed by atoms with Gasteiger partial charge in [-0.3, -0.25) is 4.90 Å². The van der Waals surface area contributed by atoms with Crippen LogP contribution in [0.4, 0.5) is 0 Å². The first-order chi connectivity index (χ1) is 7.12. The van der Waals surface area contributed by atoms with Crippen LogP contribution >= 0.6 is 0 Å². The van der Waals surface area contributed by atoms with Crippen LogP contribution in [0.15, 0.2) is 11.6 Å². The third-order valence-electron chi connectivity index (χ3n) is 3.78. The van der Waals surface area contributed by atoms with Crippen LogP contribution in [0.3, 0.4) is 0 Å². The molecule has 0 aliphatic carbocycles. The van der Waals surface area contributed by atoms with E-state index in [0.717, 1.165) is 0 Å². The second-order valence-corrected chi connectivity index (χ2v) is 5.24. The van der Waals surface area contributed by atoms with Crippen LogP contribution in [0.25, 0.3) is 0 Å². The van der Waals surface area contributed by atoms with Crippen LogP contribution < -0.4 is 0 Å². The number of nitrogens with zero attached hydrogens (tertiary/aromatic N) is 1. The largest absolute Gasteiger partial charge is 0.294 e. The Labute approximate surface area is 95.5 Å². The van der Waals surface area contributed by atoms with E-state index in [-0.39, 0.29) is 0 Å². The molecule has 0 saturated heterocycles. The number of rotatable bonds is 5. The zero-order valence-electron chi connectivity index (χ0n) is 11.0. The van der Waals surface area contributed by atoms with Gasteiger partial charge in [0, 0.05) is 18.6 Å². The zero-order valence-corrected chi connectivity index (χ0v) is 11.0. The highest BCUT2D eigenvalue weighted by atomic mass is 15.2. The van der Waals surface area contributed by atoms with Gasteiger partial charge in [0.2, 0.25) is 0 Å². The summed E-state index contributed by atoms with van der Waals surface area (Å²) in [4.78, 5) is 2.69. The molecular formula is C14H27N. The van der Waals surface area contributed by atoms with Crippen LogP contribution in [-0.2, 0) is 0 Å². The Morgan fingerprint density at radius 1 is 1.27 bits per heavy atom. The molecule has 1 aliphatic rings. The molecule has 0 atom stereocenters. The Kier molecular flexibility index (Phi) is 4.85. The highest BCUT2D eigenvalue weighted by Crippen LogP contribution is 2.29. The minimum Gasteiger partial charge on any atom is -0.294 e. The van der Waals surface area contributed by atoms with E-state index in [4.69, 9.17) is 0 Å². The minimum atomic E-state index is 0.445. The molecule has 1 aliphatic heterocycles. The van der Waals surface area contributed by atoms with E-state index in [1.54, 1.807) is 5.57 Å². The minimum absolute atomic E-state index is 0.445. The third kappa shape index (κ3) is 3.34. The maximum absolute atomic E-state index is 2.69. The molecule has 1 heteroatoms. The van der Waals surface area contributed by atoms with Crippen LogP contribution in [0, 0.1) is 0 Å². The molecule has 0 aromatic heterocycles. The van der Waals surface area contributed by atoms with Crippen molar-refractivity contribution in [2.45, 2.75) is 65.3 Å². The summed E-state index contributed by atoms with van der Waals surface area (Å²) in [5.41, 5.74) is 2.02. The highest BCUT2D eigenvalue weighted by molar-refractivity contribution is 5.06. The Morgan fingerprint density at radius 2 is 1.87 bits per heavy atom. The van der Waals surface area contributed by atoms with E-state index in [1.807, 2.05) is 0 Å². The fraction of sp³-hybridized carbons (Fsp3) is 0.857. The molecule has 1 rings (SSSR count). The van der Waals surface area contributed by atoms with Gasteiger partial charge < -0.3 is 0 Å². The maximum atomic E-state index is 2.69. The summed E-state index contributed by atoms with van der Waals surface area (Å²) < 4.78 is 0. The van der Waals surface area contributed by atoms with Gasteiger partial charge in [0.1, 0.15) is 0 Å². The van der Waals surface area contributed by atoms with Crippen molar-refractivity contribution in [3.05, 3.63) is 11.6 Å². The van der Waals surface area contributed by atoms with Crippen molar-refractivity contribution < 1.29 is 0 Å². The van der Waals surface area contributed by atoms with Gasteiger partial charge >= 0.3 is 0 Å². The summed E-state index contributed by atoms with van der Waals surface area (Å²) in [6.07, 6.45) is 8.96. The predicted molar refractivity (Wildman–Crippen MR) is 68.2 cm³/mol. The summed E-state index contributed by atoms with van der Waals surface area (Å²) in [5, 5.41) is 0. The predicted octanol–water partition coefficient (Wildman–Crippen LogP) is 4.00. The summed E-state index contributed by atoms with van der Waals surface area (Å²) in [5.74, 6) is 0. The molecule has 0 amide bonds. The smallest absolute Gasteiger partial charge is 0.0184 e. The molecule has 1 nitrogen and oxygen atoms in total. The number of hydrogen-bond donors (Lipinski definition) is 0. The molecule has 0 fully saturated rings. The summed E-state index contributed by atoms with van der Waals surface area (Å²) >= 11 is 0. The average molecular weight is 209 g/mol. The van der Waals surface area contributed by atoms with Gasteiger partial charge in [0.25, 0.3) is 0 Å². The Morgan fingerprint density at radius 3 is 2.27 bits per heavy atom. The van der Waals surface area contributed by atoms with Gasteiger partial charge in [-0.25, -0.2) is 0 Å². The Balaban J connectivity index is 2.63. The molecule has 0 aromatic carbocycles. The lowest BCUT2D eigenvalue weighted by Crippen LogP contribution is -2.48. The summed E-state index contributed by atoms with van der Waals surface area (Å²) in [6.45, 7) is 11.8. The Hall–Kier alpha value is -0.300. The van der Waals surface area contributed by atoms with Crippen molar-refractivity contribution in [3.63, 3.8) is 0 Å². The molecule has 0 N–H and O–H groups in total. The first kappa shape index (κ1) is 12.8. The third-order valence-corrected chi connectivity index (χ3v) is 3.78. The fourth-order valence-corrected chi connectivity index (χ4v) is 2.78. The second kappa shape index (κ2) is 5.69. The molecule has 0 saturated carbocycles. The van der Waals surface area contributed by atoms with Crippen LogP contribution in [0.5, 0.6) is 0 Å². The fourth-order valence-electron chi connectivity index (χ4n) is 2.78. The molecular weight excluding hydrogens is 182 g/mol. The van der Waals surface area contributed by atoms with E-state index in [9.17, 15) is 0 Å². The lowest BCUT2D eigenvalue weighted by molar-refractivity contribution is 0.0929. The normalized spacial score (nSPS) is 19.1. The van der Waals surface area contributed by atoms with Gasteiger partial charge in [-0.1, -0.05) is 38.3 Å². The monoisotopic (exact) mass is 209 g/mol. The van der Waals surface area contributed by atoms with Gasteiger partial charge in [0.05, 0.1) is 0 Å². The molecule has 0 aromatic rings. The van der Waals surface area contributed by atoms with E-state index >= 15 is 0 Å². The van der Waals surface area contributed by atoms with Crippen LogP contribution in [0.1, 0.15) is 59.8 Å². The van der Waals surface area contributed by atoms with E-state index in [0.29, 0.717) is 5.54 Å². The van der Waals surface area contributed by atoms with Gasteiger partial charge in [-0.05, 0) is 33.1 Å². The molecule has 0 bridgehead atoms. The molecule has 15 heavy (non-hydrogen) atoms. The summed E-state index contributed by atoms with van der Waals surface area (Å²) in [7, 11) is 0. The molecule has 0 radical (unpaired) electrons. The maximum Gasteiger partial charge on any atom is 0.0184 e. The second-order valence-electron chi connectivity index (χ2n) is 5.24. The number of hydrogen-bond acceptors (Lipinski definition) is 1. The Bertz CT molecular complexity index is 211. The van der Waals surface area contributed by atoms with E-state index in [2.05, 4.69) is 38.7 Å². The standard InChI is InChI=1S/C14H27N/c1-5-9-14(4,10-6-2)15-11-7-13(3)8-12-15/h7H,5-6,8-12H2,1-4H3. The van der Waals surface area contributed by atoms with Crippen LogP contribution in [-0.4, -0.2) is 23.5 Å². The van der Waals surface area contributed by atoms with Crippen molar-refractivity contribution in [3.8, 4) is 0 Å². The van der Waals surface area contributed by atoms with Crippen molar-refractivity contribution in [2.24, 2.45) is 0 Å². The van der Waals surface area contributed by atoms with E-state index in [1.165, 1.54) is 45.2 Å². The quantitative estimate of drug-likeness (QED) is 0.619. The van der Waals surface area contributed by atoms with Crippen molar-refractivity contribution in [2.75, 3.05) is 13.1 Å². The van der Waals surface area contributed by atoms with Crippen LogP contribution in [0.2, 0.25) is 0 Å². The topological polar surface area (TPSA) is 3.24 Å². The lowest BCUT2D eigenvalue weighted by atomic mass is 9.87. The molecule has 1 heterocycles. The lowest BCUT2D eigenvalue weighted by Gasteiger charge is -2.43. The van der Waals surface area contributed by atoms with Gasteiger partial charge in [-0.15, -0.1) is 0 Å². The molecule has 0 spiro atoms. The molecule has 88 valence electrons. The summed E-state index contributed by atoms with van der Waals surface area (Å²) in [6, 6.07) is 0. The first-order valence-corrected chi connectivity index (χ1v) is 6.53. The average Bonchev–Trinajstić information content (AvgIpc) is 2.19. The SMILES string of the molecule is CCCC(C)(CCC)N1CC=C(C)CC1. The zero-order chi connectivity index (χ0) is 11.3. The molecule has 0 unspecified atom stereocenters. The first-order valence-electron chi connectivity index (χ1n) is 6.53. The van der Waals surface area contributed by atoms with Gasteiger partial charge in [0.15, 0.2) is 0 Å². The van der Waals surface area contributed by atoms with Gasteiger partial charge in [-0.2, -0.15) is 0 Å².